The summed E-state index contributed by atoms with van der Waals surface area (Å²) >= 11 is 5.98. The predicted octanol–water partition coefficient (Wildman–Crippen LogP) is 4.87. The van der Waals surface area contributed by atoms with Crippen LogP contribution < -0.4 is 10.6 Å². The number of hydrogen-bond donors (Lipinski definition) is 2. The van der Waals surface area contributed by atoms with E-state index in [4.69, 9.17) is 11.6 Å². The number of carbonyl (C=O) groups is 2. The summed E-state index contributed by atoms with van der Waals surface area (Å²) in [5, 5.41) is 6.15. The Balaban J connectivity index is 2.17. The molecule has 0 bridgehead atoms. The summed E-state index contributed by atoms with van der Waals surface area (Å²) in [6.07, 6.45) is 0. The fourth-order valence-electron chi connectivity index (χ4n) is 2.44. The third kappa shape index (κ3) is 4.60. The fourth-order valence-corrected chi connectivity index (χ4v) is 2.62. The highest BCUT2D eigenvalue weighted by molar-refractivity contribution is 6.31. The van der Waals surface area contributed by atoms with E-state index in [9.17, 15) is 9.59 Å². The van der Waals surface area contributed by atoms with Gasteiger partial charge in [0.15, 0.2) is 0 Å². The molecule has 0 radical (unpaired) electrons. The van der Waals surface area contributed by atoms with E-state index in [1.165, 1.54) is 0 Å². The van der Waals surface area contributed by atoms with Crippen LogP contribution in [0.4, 0.5) is 11.4 Å². The molecule has 0 heterocycles. The molecule has 0 aliphatic carbocycles. The van der Waals surface area contributed by atoms with Crippen LogP contribution in [0.5, 0.6) is 0 Å². The molecule has 132 valence electrons. The molecule has 0 fully saturated rings. The van der Waals surface area contributed by atoms with Gasteiger partial charge in [-0.2, -0.15) is 0 Å². The largest absolute Gasteiger partial charge is 0.325 e. The van der Waals surface area contributed by atoms with Gasteiger partial charge in [-0.15, -0.1) is 0 Å². The lowest BCUT2D eigenvalue weighted by Crippen LogP contribution is -2.41. The molecule has 0 aliphatic rings. The highest BCUT2D eigenvalue weighted by Gasteiger charge is 2.36. The lowest BCUT2D eigenvalue weighted by molar-refractivity contribution is -0.135. The second-order valence-corrected chi connectivity index (χ2v) is 7.31. The minimum atomic E-state index is -1.24. The van der Waals surface area contributed by atoms with Gasteiger partial charge in [-0.25, -0.2) is 0 Å². The van der Waals surface area contributed by atoms with Crippen LogP contribution in [0.2, 0.25) is 5.02 Å². The van der Waals surface area contributed by atoms with Gasteiger partial charge in [0.1, 0.15) is 5.41 Å². The van der Waals surface area contributed by atoms with E-state index in [0.29, 0.717) is 16.4 Å². The molecule has 0 aromatic heterocycles. The Bertz CT molecular complexity index is 808. The molecule has 2 rings (SSSR count). The number of carbonyl (C=O) groups excluding carboxylic acids is 2. The van der Waals surface area contributed by atoms with Gasteiger partial charge in [0, 0.05) is 16.4 Å². The zero-order valence-corrected chi connectivity index (χ0v) is 15.9. The number of aryl methyl sites for hydroxylation is 3. The average molecular weight is 359 g/mol. The number of nitrogens with one attached hydrogen (secondary N) is 2. The van der Waals surface area contributed by atoms with Crippen molar-refractivity contribution in [3.8, 4) is 0 Å². The number of benzene rings is 2. The Morgan fingerprint density at radius 1 is 0.880 bits per heavy atom. The Kier molecular flexibility index (Phi) is 5.53. The van der Waals surface area contributed by atoms with Crippen molar-refractivity contribution in [2.45, 2.75) is 34.6 Å². The molecule has 2 aromatic carbocycles. The molecule has 2 N–H and O–H groups in total. The number of anilines is 2. The minimum Gasteiger partial charge on any atom is -0.325 e. The van der Waals surface area contributed by atoms with Crippen LogP contribution in [-0.4, -0.2) is 11.8 Å². The van der Waals surface area contributed by atoms with Gasteiger partial charge in [0.25, 0.3) is 0 Å². The maximum absolute atomic E-state index is 12.6. The molecular formula is C20H23ClN2O2. The molecule has 0 spiro atoms. The van der Waals surface area contributed by atoms with Crippen LogP contribution in [0.3, 0.4) is 0 Å². The number of hydrogen-bond acceptors (Lipinski definition) is 2. The summed E-state index contributed by atoms with van der Waals surface area (Å²) in [6, 6.07) is 11.0. The summed E-state index contributed by atoms with van der Waals surface area (Å²) in [7, 11) is 0. The first-order valence-electron chi connectivity index (χ1n) is 8.07. The van der Waals surface area contributed by atoms with E-state index in [2.05, 4.69) is 10.6 Å². The van der Waals surface area contributed by atoms with E-state index in [1.54, 1.807) is 26.0 Å². The summed E-state index contributed by atoms with van der Waals surface area (Å²) in [5.41, 5.74) is 3.02. The Morgan fingerprint density at radius 2 is 1.44 bits per heavy atom. The van der Waals surface area contributed by atoms with E-state index in [-0.39, 0.29) is 11.8 Å². The normalized spacial score (nSPS) is 11.1. The van der Waals surface area contributed by atoms with Crippen molar-refractivity contribution in [1.82, 2.24) is 0 Å². The van der Waals surface area contributed by atoms with Crippen molar-refractivity contribution in [1.29, 1.82) is 0 Å². The predicted molar refractivity (Wildman–Crippen MR) is 103 cm³/mol. The van der Waals surface area contributed by atoms with Gasteiger partial charge < -0.3 is 10.6 Å². The van der Waals surface area contributed by atoms with Gasteiger partial charge >= 0.3 is 0 Å². The Labute approximate surface area is 153 Å². The lowest BCUT2D eigenvalue weighted by atomic mass is 9.90. The number of amides is 2. The van der Waals surface area contributed by atoms with Crippen LogP contribution in [0.25, 0.3) is 0 Å². The molecule has 5 heteroatoms. The third-order valence-electron chi connectivity index (χ3n) is 4.06. The molecule has 2 amide bonds. The van der Waals surface area contributed by atoms with Gasteiger partial charge in [-0.3, -0.25) is 9.59 Å². The Hall–Kier alpha value is -2.33. The molecule has 0 unspecified atom stereocenters. The van der Waals surface area contributed by atoms with Crippen LogP contribution >= 0.6 is 11.6 Å². The third-order valence-corrected chi connectivity index (χ3v) is 4.30. The van der Waals surface area contributed by atoms with Crippen LogP contribution in [0.1, 0.15) is 30.5 Å². The molecule has 25 heavy (non-hydrogen) atoms. The molecule has 0 aliphatic heterocycles. The van der Waals surface area contributed by atoms with E-state index in [0.717, 1.165) is 16.7 Å². The summed E-state index contributed by atoms with van der Waals surface area (Å²) in [4.78, 5) is 25.3. The smallest absolute Gasteiger partial charge is 0.239 e. The van der Waals surface area contributed by atoms with Crippen molar-refractivity contribution >= 4 is 34.8 Å². The van der Waals surface area contributed by atoms with Gasteiger partial charge in [0.05, 0.1) is 0 Å². The van der Waals surface area contributed by atoms with Crippen molar-refractivity contribution in [3.05, 3.63) is 58.1 Å². The SMILES string of the molecule is Cc1cc(C)cc(NC(=O)C(C)(C)C(=O)Nc2cc(Cl)ccc2C)c1. The minimum absolute atomic E-state index is 0.366. The van der Waals surface area contributed by atoms with Crippen LogP contribution in [-0.2, 0) is 9.59 Å². The first-order chi connectivity index (χ1) is 11.6. The Morgan fingerprint density at radius 3 is 2.04 bits per heavy atom. The van der Waals surface area contributed by atoms with E-state index < -0.39 is 5.41 Å². The van der Waals surface area contributed by atoms with Gasteiger partial charge in [0.2, 0.25) is 11.8 Å². The fraction of sp³-hybridized carbons (Fsp3) is 0.300. The van der Waals surface area contributed by atoms with E-state index in [1.807, 2.05) is 45.0 Å². The maximum atomic E-state index is 12.6. The average Bonchev–Trinajstić information content (AvgIpc) is 2.49. The summed E-state index contributed by atoms with van der Waals surface area (Å²) < 4.78 is 0. The quantitative estimate of drug-likeness (QED) is 0.766. The molecule has 0 saturated carbocycles. The molecule has 2 aromatic rings. The summed E-state index contributed by atoms with van der Waals surface area (Å²) in [6.45, 7) is 8.99. The summed E-state index contributed by atoms with van der Waals surface area (Å²) in [5.74, 6) is -0.755. The lowest BCUT2D eigenvalue weighted by Gasteiger charge is -2.23. The van der Waals surface area contributed by atoms with Crippen LogP contribution in [0.15, 0.2) is 36.4 Å². The molecule has 0 saturated heterocycles. The highest BCUT2D eigenvalue weighted by Crippen LogP contribution is 2.25. The maximum Gasteiger partial charge on any atom is 0.239 e. The topological polar surface area (TPSA) is 58.2 Å². The van der Waals surface area contributed by atoms with Gasteiger partial charge in [-0.1, -0.05) is 23.7 Å². The molecular weight excluding hydrogens is 336 g/mol. The van der Waals surface area contributed by atoms with Gasteiger partial charge in [-0.05, 0) is 75.6 Å². The van der Waals surface area contributed by atoms with E-state index >= 15 is 0 Å². The zero-order chi connectivity index (χ0) is 18.8. The first-order valence-corrected chi connectivity index (χ1v) is 8.45. The molecule has 0 atom stereocenters. The first kappa shape index (κ1) is 19.0. The molecule has 4 nitrogen and oxygen atoms in total. The number of halogens is 1. The zero-order valence-electron chi connectivity index (χ0n) is 15.2. The monoisotopic (exact) mass is 358 g/mol. The van der Waals surface area contributed by atoms with Crippen molar-refractivity contribution < 1.29 is 9.59 Å². The second kappa shape index (κ2) is 7.28. The van der Waals surface area contributed by atoms with Crippen molar-refractivity contribution in [2.75, 3.05) is 10.6 Å². The highest BCUT2D eigenvalue weighted by atomic mass is 35.5. The van der Waals surface area contributed by atoms with Crippen molar-refractivity contribution in [2.24, 2.45) is 5.41 Å². The standard InChI is InChI=1S/C20H23ClN2O2/c1-12-8-13(2)10-16(9-12)22-18(24)20(4,5)19(25)23-17-11-15(21)7-6-14(17)3/h6-11H,1-5H3,(H,22,24)(H,23,25). The second-order valence-electron chi connectivity index (χ2n) is 6.87. The number of rotatable bonds is 4. The van der Waals surface area contributed by atoms with Crippen molar-refractivity contribution in [3.63, 3.8) is 0 Å². The van der Waals surface area contributed by atoms with Crippen LogP contribution in [0, 0.1) is 26.2 Å².